The first-order chi connectivity index (χ1) is 12.7. The summed E-state index contributed by atoms with van der Waals surface area (Å²) in [6.45, 7) is 4.95. The lowest BCUT2D eigenvalue weighted by Gasteiger charge is -2.32. The largest absolute Gasteiger partial charge is 0.497 e. The van der Waals surface area contributed by atoms with E-state index in [0.29, 0.717) is 22.9 Å². The number of amides is 1. The minimum Gasteiger partial charge on any atom is -0.497 e. The Labute approximate surface area is 159 Å². The number of benzene rings is 2. The molecule has 1 aliphatic heterocycles. The van der Waals surface area contributed by atoms with Gasteiger partial charge in [0.15, 0.2) is 0 Å². The van der Waals surface area contributed by atoms with Crippen LogP contribution in [0.5, 0.6) is 11.5 Å². The Kier molecular flexibility index (Phi) is 6.36. The Morgan fingerprint density at radius 1 is 1.12 bits per heavy atom. The molecule has 2 aromatic rings. The molecular weight excluding hydrogens is 352 g/mol. The zero-order chi connectivity index (χ0) is 18.4. The summed E-state index contributed by atoms with van der Waals surface area (Å²) in [6.07, 6.45) is 0. The average Bonchev–Trinajstić information content (AvgIpc) is 2.69. The summed E-state index contributed by atoms with van der Waals surface area (Å²) in [7, 11) is 1.61. The number of halogens is 1. The van der Waals surface area contributed by atoms with E-state index in [-0.39, 0.29) is 5.91 Å². The van der Waals surface area contributed by atoms with Crippen molar-refractivity contribution < 1.29 is 19.2 Å². The lowest BCUT2D eigenvalue weighted by molar-refractivity contribution is -0.903. The number of carbonyl (C=O) groups is 1. The van der Waals surface area contributed by atoms with Crippen molar-refractivity contribution in [2.75, 3.05) is 46.4 Å². The number of hydrogen-bond donors (Lipinski definition) is 1. The first kappa shape index (κ1) is 18.5. The molecule has 5 nitrogen and oxygen atoms in total. The minimum absolute atomic E-state index is 0.0698. The van der Waals surface area contributed by atoms with E-state index in [2.05, 4.69) is 0 Å². The molecule has 1 saturated heterocycles. The van der Waals surface area contributed by atoms with Crippen molar-refractivity contribution in [1.29, 1.82) is 0 Å². The van der Waals surface area contributed by atoms with Gasteiger partial charge in [-0.3, -0.25) is 4.79 Å². The predicted octanol–water partition coefficient (Wildman–Crippen LogP) is 1.77. The van der Waals surface area contributed by atoms with Gasteiger partial charge in [0, 0.05) is 10.6 Å². The Hall–Kier alpha value is -2.24. The third-order valence-electron chi connectivity index (χ3n) is 4.61. The number of piperazine rings is 1. The van der Waals surface area contributed by atoms with Crippen LogP contribution in [0.4, 0.5) is 0 Å². The van der Waals surface area contributed by atoms with Gasteiger partial charge in [-0.05, 0) is 42.5 Å². The summed E-state index contributed by atoms with van der Waals surface area (Å²) < 4.78 is 11.0. The molecule has 6 heteroatoms. The number of carbonyl (C=O) groups excluding carboxylic acids is 1. The van der Waals surface area contributed by atoms with Crippen LogP contribution in [0.2, 0.25) is 5.02 Å². The van der Waals surface area contributed by atoms with Crippen molar-refractivity contribution in [2.24, 2.45) is 0 Å². The third kappa shape index (κ3) is 4.90. The van der Waals surface area contributed by atoms with Gasteiger partial charge in [-0.15, -0.1) is 0 Å². The summed E-state index contributed by atoms with van der Waals surface area (Å²) >= 11 is 5.87. The van der Waals surface area contributed by atoms with Gasteiger partial charge in [-0.2, -0.15) is 0 Å². The zero-order valence-corrected chi connectivity index (χ0v) is 15.7. The Morgan fingerprint density at radius 3 is 2.54 bits per heavy atom. The van der Waals surface area contributed by atoms with E-state index in [4.69, 9.17) is 21.1 Å². The maximum Gasteiger partial charge on any atom is 0.254 e. The number of nitrogens with one attached hydrogen (secondary N) is 1. The summed E-state index contributed by atoms with van der Waals surface area (Å²) in [5.74, 6) is 1.61. The summed E-state index contributed by atoms with van der Waals surface area (Å²) in [5, 5.41) is 0.708. The summed E-state index contributed by atoms with van der Waals surface area (Å²) in [4.78, 5) is 16.0. The molecule has 1 N–H and O–H groups in total. The van der Waals surface area contributed by atoms with Crippen molar-refractivity contribution >= 4 is 17.5 Å². The highest BCUT2D eigenvalue weighted by Gasteiger charge is 2.24. The molecular formula is C20H24ClN2O3+. The molecule has 1 heterocycles. The molecule has 3 rings (SSSR count). The number of rotatable bonds is 6. The molecule has 1 fully saturated rings. The van der Waals surface area contributed by atoms with E-state index in [1.165, 1.54) is 4.90 Å². The van der Waals surface area contributed by atoms with Crippen LogP contribution < -0.4 is 14.4 Å². The summed E-state index contributed by atoms with van der Waals surface area (Å²) in [5.41, 5.74) is 0.680. The van der Waals surface area contributed by atoms with Gasteiger partial charge in [-0.1, -0.05) is 17.7 Å². The molecule has 26 heavy (non-hydrogen) atoms. The molecule has 0 atom stereocenters. The number of quaternary nitrogens is 1. The fourth-order valence-electron chi connectivity index (χ4n) is 3.06. The van der Waals surface area contributed by atoms with Gasteiger partial charge in [-0.25, -0.2) is 0 Å². The molecule has 1 amide bonds. The van der Waals surface area contributed by atoms with E-state index < -0.39 is 0 Å². The molecule has 0 aliphatic carbocycles. The zero-order valence-electron chi connectivity index (χ0n) is 14.9. The normalized spacial score (nSPS) is 14.9. The Bertz CT molecular complexity index is 728. The third-order valence-corrected chi connectivity index (χ3v) is 4.86. The lowest BCUT2D eigenvalue weighted by Crippen LogP contribution is -3.15. The van der Waals surface area contributed by atoms with Crippen LogP contribution in [0.1, 0.15) is 10.4 Å². The molecule has 2 aromatic carbocycles. The van der Waals surface area contributed by atoms with Crippen molar-refractivity contribution in [3.8, 4) is 11.5 Å². The van der Waals surface area contributed by atoms with Gasteiger partial charge >= 0.3 is 0 Å². The van der Waals surface area contributed by atoms with E-state index in [0.717, 1.165) is 38.5 Å². The Balaban J connectivity index is 1.43. The molecule has 0 unspecified atom stereocenters. The highest BCUT2D eigenvalue weighted by molar-refractivity contribution is 6.30. The second kappa shape index (κ2) is 8.92. The van der Waals surface area contributed by atoms with Crippen molar-refractivity contribution in [3.05, 3.63) is 59.1 Å². The van der Waals surface area contributed by atoms with E-state index in [1.54, 1.807) is 13.2 Å². The average molecular weight is 376 g/mol. The van der Waals surface area contributed by atoms with Gasteiger partial charge in [0.25, 0.3) is 5.91 Å². The minimum atomic E-state index is 0.0698. The number of hydrogen-bond acceptors (Lipinski definition) is 3. The standard InChI is InChI=1S/C20H23ClN2O3/c1-25-19-4-2-3-16(15-19)20(24)23-11-9-22(10-12-23)13-14-26-18-7-5-17(21)6-8-18/h2-8,15H,9-14H2,1H3/p+1. The van der Waals surface area contributed by atoms with E-state index in [9.17, 15) is 4.79 Å². The maximum absolute atomic E-state index is 12.6. The van der Waals surface area contributed by atoms with Crippen LogP contribution in [0.3, 0.4) is 0 Å². The SMILES string of the molecule is COc1cccc(C(=O)N2CC[NH+](CCOc3ccc(Cl)cc3)CC2)c1. The van der Waals surface area contributed by atoms with Crippen LogP contribution in [-0.4, -0.2) is 57.2 Å². The quantitative estimate of drug-likeness (QED) is 0.836. The predicted molar refractivity (Wildman–Crippen MR) is 101 cm³/mol. The molecule has 1 aliphatic rings. The molecule has 0 spiro atoms. The van der Waals surface area contributed by atoms with Crippen molar-refractivity contribution in [3.63, 3.8) is 0 Å². The van der Waals surface area contributed by atoms with Crippen molar-refractivity contribution in [2.45, 2.75) is 0 Å². The smallest absolute Gasteiger partial charge is 0.254 e. The van der Waals surface area contributed by atoms with Gasteiger partial charge in [0.2, 0.25) is 0 Å². The van der Waals surface area contributed by atoms with E-state index in [1.807, 2.05) is 47.4 Å². The number of ether oxygens (including phenoxy) is 2. The Morgan fingerprint density at radius 2 is 1.85 bits per heavy atom. The van der Waals surface area contributed by atoms with Gasteiger partial charge < -0.3 is 19.3 Å². The van der Waals surface area contributed by atoms with Gasteiger partial charge in [0.05, 0.1) is 33.3 Å². The molecule has 0 bridgehead atoms. The molecule has 138 valence electrons. The fraction of sp³-hybridized carbons (Fsp3) is 0.350. The first-order valence-corrected chi connectivity index (χ1v) is 9.19. The summed E-state index contributed by atoms with van der Waals surface area (Å²) in [6, 6.07) is 14.7. The van der Waals surface area contributed by atoms with Crippen molar-refractivity contribution in [1.82, 2.24) is 4.90 Å². The molecule has 0 aromatic heterocycles. The topological polar surface area (TPSA) is 43.2 Å². The second-order valence-corrected chi connectivity index (χ2v) is 6.76. The highest BCUT2D eigenvalue weighted by Crippen LogP contribution is 2.15. The first-order valence-electron chi connectivity index (χ1n) is 8.81. The number of methoxy groups -OCH3 is 1. The fourth-order valence-corrected chi connectivity index (χ4v) is 3.18. The van der Waals surface area contributed by atoms with Gasteiger partial charge in [0.1, 0.15) is 24.7 Å². The lowest BCUT2D eigenvalue weighted by atomic mass is 10.1. The van der Waals surface area contributed by atoms with Crippen LogP contribution in [-0.2, 0) is 0 Å². The van der Waals surface area contributed by atoms with Crippen LogP contribution in [0.15, 0.2) is 48.5 Å². The van der Waals surface area contributed by atoms with E-state index >= 15 is 0 Å². The molecule has 0 radical (unpaired) electrons. The number of nitrogens with zero attached hydrogens (tertiary/aromatic N) is 1. The van der Waals surface area contributed by atoms with Crippen LogP contribution in [0, 0.1) is 0 Å². The van der Waals surface area contributed by atoms with Crippen LogP contribution in [0.25, 0.3) is 0 Å². The molecule has 0 saturated carbocycles. The maximum atomic E-state index is 12.6. The monoisotopic (exact) mass is 375 g/mol. The van der Waals surface area contributed by atoms with Crippen LogP contribution >= 0.6 is 11.6 Å². The second-order valence-electron chi connectivity index (χ2n) is 6.33. The highest BCUT2D eigenvalue weighted by atomic mass is 35.5.